The summed E-state index contributed by atoms with van der Waals surface area (Å²) in [6, 6.07) is 1.27. The lowest BCUT2D eigenvalue weighted by Gasteiger charge is -2.54. The largest absolute Gasteiger partial charge is 0.508 e. The van der Waals surface area contributed by atoms with E-state index >= 15 is 28.8 Å². The Hall–Kier alpha value is -9.82. The lowest BCUT2D eigenvalue weighted by Crippen LogP contribution is -2.64. The van der Waals surface area contributed by atoms with Gasteiger partial charge in [-0.1, -0.05) is 43.6 Å². The number of urea groups is 1. The standard InChI is InChI=1S/C82H100ClN11O23/c1-32(2)16-49(85-7)73(104)93-64-66(99)39-9-14-52(33(3)17-39)113-54-26-43-27-55(70(54)117-80-71(69(102)68(101)56(31-95)115-80)116-58-30-82(6,84)72(103)35(5)112-58)114-53-15-10-40(25-48(53)83)67(100)65-79(110)92-63(77(108)89-60-41-20-36-19-37(22-41)23-42(60)21-36)47-28-45(96)18-34(4)59(47)46-24-38(8-13-51(46)97)61(75(106)94-65)91-76(107)62(43)90-74(105)50(87-78(64)109)29-57(98)88-81(111)86-44-11-12-44/h8-10,13-15,17-18,24-28,32,35-37,41-42,44,49-50,56,58,60-69,71-72,80,85,95-97,99-103H,11-12,16,19-23,29-31,84H2,1-7H3,(H,87,109)(H,89,108)(H,90,105)(H,91,107)(H,92,110)(H,93,104)(H,94,106)(H2,86,88,98,111)/t35-,36?,37?,41?,42?,49+,50-,56+,58-,60?,61+,62+,63-,64+,65-,66+,67+,68+,69-,71+,72+,80-,82-/m0/s1. The van der Waals surface area contributed by atoms with E-state index in [1.54, 1.807) is 6.92 Å². The molecule has 2 saturated heterocycles. The van der Waals surface area contributed by atoms with Gasteiger partial charge in [-0.15, -0.1) is 0 Å². The van der Waals surface area contributed by atoms with Gasteiger partial charge in [0.1, 0.15) is 89.8 Å². The minimum Gasteiger partial charge on any atom is -0.508 e. The van der Waals surface area contributed by atoms with Gasteiger partial charge >= 0.3 is 6.03 Å². The first-order chi connectivity index (χ1) is 55.6. The number of likely N-dealkylation sites (N-methyl/N-ethyl adjacent to an activating group) is 1. The number of ether oxygens (including phenoxy) is 6. The SMILES string of the molecule is CN[C@H](CC(C)C)C(=O)N[C@H]1C(=O)N[C@@H](CC(=O)NC(=O)NC2CC2)C(=O)N[C@H]2C(=O)N[C@H]3C(=O)N[C@H](C(=O)N[C@H](C(=O)NC4C5CC6CC(C5)CC4C6)c4cc(O)cc(C)c4-c4cc3ccc4O)[C@H](O)c3ccc(c(Cl)c3)Oc3cc2cc(c3O[C@@H]2O[C@H](CO)[C@@H](O)[C@H](O)[C@H]2O[C@H]2C[C@](C)(N)[C@H](O)[C@H](C)O2)Oc2ccc(cc2C)[C@H]1O. The molecule has 12 aliphatic rings. The topological polar surface area (TPSA) is 517 Å². The fourth-order valence-electron chi connectivity index (χ4n) is 17.9. The summed E-state index contributed by atoms with van der Waals surface area (Å²) in [4.78, 5) is 137. The van der Waals surface area contributed by atoms with Crippen molar-refractivity contribution in [3.05, 3.63) is 123 Å². The van der Waals surface area contributed by atoms with Gasteiger partial charge in [0.25, 0.3) is 0 Å². The summed E-state index contributed by atoms with van der Waals surface area (Å²) >= 11 is 7.29. The molecule has 0 spiro atoms. The van der Waals surface area contributed by atoms with Gasteiger partial charge in [-0.05, 0) is 221 Å². The molecule has 15 bridgehead atoms. The summed E-state index contributed by atoms with van der Waals surface area (Å²) in [5.41, 5.74) is 4.81. The van der Waals surface area contributed by atoms with E-state index in [9.17, 15) is 55.2 Å². The number of imide groups is 1. The van der Waals surface area contributed by atoms with Crippen LogP contribution < -0.4 is 73.1 Å². The summed E-state index contributed by atoms with van der Waals surface area (Å²) in [7, 11) is 1.51. The summed E-state index contributed by atoms with van der Waals surface area (Å²) < 4.78 is 39.3. The Morgan fingerprint density at radius 2 is 1.32 bits per heavy atom. The molecule has 35 heteroatoms. The molecule has 0 radical (unpaired) electrons. The van der Waals surface area contributed by atoms with Crippen LogP contribution in [0.2, 0.25) is 5.02 Å². The predicted octanol–water partition coefficient (Wildman–Crippen LogP) is 2.72. The average molecular weight is 1640 g/mol. The monoisotopic (exact) mass is 1640 g/mol. The Balaban J connectivity index is 0.968. The fourth-order valence-corrected chi connectivity index (χ4v) is 18.2. The molecule has 0 unspecified atom stereocenters. The Kier molecular flexibility index (Phi) is 24.2. The van der Waals surface area contributed by atoms with E-state index in [1.165, 1.54) is 94.5 Å². The third kappa shape index (κ3) is 17.7. The number of aliphatic hydroxyl groups excluding tert-OH is 6. The maximum absolute atomic E-state index is 16.6. The van der Waals surface area contributed by atoms with E-state index in [0.717, 1.165) is 44.2 Å². The normalized spacial score (nSPS) is 32.3. The number of amides is 10. The zero-order valence-electron chi connectivity index (χ0n) is 65.3. The minimum absolute atomic E-state index is 0.0326. The number of rotatable bonds is 15. The van der Waals surface area contributed by atoms with Crippen LogP contribution in [-0.2, 0) is 52.6 Å². The van der Waals surface area contributed by atoms with E-state index in [-0.39, 0.29) is 109 Å². The number of nitrogens with one attached hydrogen (secondary N) is 10. The van der Waals surface area contributed by atoms with Crippen LogP contribution in [0.25, 0.3) is 11.1 Å². The van der Waals surface area contributed by atoms with Gasteiger partial charge in [0.05, 0.1) is 36.3 Å². The van der Waals surface area contributed by atoms with Gasteiger partial charge in [0, 0.05) is 29.6 Å². The smallest absolute Gasteiger partial charge is 0.321 e. The third-order valence-electron chi connectivity index (χ3n) is 23.9. The number of fused-ring (bicyclic) bond motifs is 15. The van der Waals surface area contributed by atoms with Crippen molar-refractivity contribution >= 4 is 64.9 Å². The van der Waals surface area contributed by atoms with E-state index in [1.807, 2.05) is 13.8 Å². The molecule has 5 aromatic rings. The van der Waals surface area contributed by atoms with Crippen molar-refractivity contribution in [3.8, 4) is 51.4 Å². The number of benzene rings is 5. The van der Waals surface area contributed by atoms with Crippen LogP contribution in [0.4, 0.5) is 4.79 Å². The lowest BCUT2D eigenvalue weighted by molar-refractivity contribution is -0.333. The summed E-state index contributed by atoms with van der Waals surface area (Å²) in [6.45, 7) is 8.90. The lowest BCUT2D eigenvalue weighted by atomic mass is 9.54. The second-order valence-corrected chi connectivity index (χ2v) is 33.7. The number of phenols is 2. The van der Waals surface area contributed by atoms with Gasteiger partial charge in [-0.25, -0.2) is 4.79 Å². The first kappa shape index (κ1) is 83.7. The number of carbonyl (C=O) groups excluding carboxylic acids is 9. The first-order valence-corrected chi connectivity index (χ1v) is 39.9. The van der Waals surface area contributed by atoms with Gasteiger partial charge in [-0.3, -0.25) is 43.7 Å². The molecule has 117 heavy (non-hydrogen) atoms. The van der Waals surface area contributed by atoms with Crippen LogP contribution >= 0.6 is 11.6 Å². The number of hydrogen-bond donors (Lipinski definition) is 19. The fraction of sp³-hybridized carbons (Fsp3) is 0.524. The van der Waals surface area contributed by atoms with Crippen LogP contribution in [0.3, 0.4) is 0 Å². The molecule has 628 valence electrons. The van der Waals surface area contributed by atoms with Crippen molar-refractivity contribution in [2.45, 2.75) is 227 Å². The number of halogens is 1. The number of aromatic hydroxyl groups is 2. The van der Waals surface area contributed by atoms with E-state index in [0.29, 0.717) is 24.7 Å². The van der Waals surface area contributed by atoms with Gasteiger partial charge in [0.15, 0.2) is 23.9 Å². The van der Waals surface area contributed by atoms with E-state index in [2.05, 4.69) is 53.2 Å². The highest BCUT2D eigenvalue weighted by atomic mass is 35.5. The highest BCUT2D eigenvalue weighted by Crippen LogP contribution is 2.55. The van der Waals surface area contributed by atoms with Crippen LogP contribution in [0.5, 0.6) is 40.2 Å². The Morgan fingerprint density at radius 3 is 1.97 bits per heavy atom. The molecule has 7 heterocycles. The van der Waals surface area contributed by atoms with Crippen LogP contribution in [-0.4, -0.2) is 199 Å². The highest BCUT2D eigenvalue weighted by molar-refractivity contribution is 6.32. The molecule has 5 aliphatic carbocycles. The number of aliphatic hydroxyl groups is 6. The zero-order chi connectivity index (χ0) is 83.7. The van der Waals surface area contributed by atoms with Crippen LogP contribution in [0.15, 0.2) is 78.9 Å². The first-order valence-electron chi connectivity index (χ1n) is 39.5. The highest BCUT2D eigenvalue weighted by Gasteiger charge is 2.53. The number of carbonyl (C=O) groups is 9. The molecule has 10 amide bonds. The molecular weight excluding hydrogens is 1540 g/mol. The average Bonchev–Trinajstić information content (AvgIpc) is 1.64. The molecule has 34 nitrogen and oxygen atoms in total. The second kappa shape index (κ2) is 33.9. The van der Waals surface area contributed by atoms with Gasteiger partial charge in [-0.2, -0.15) is 0 Å². The predicted molar refractivity (Wildman–Crippen MR) is 414 cm³/mol. The Morgan fingerprint density at radius 1 is 0.684 bits per heavy atom. The minimum atomic E-state index is -2.31. The van der Waals surface area contributed by atoms with Gasteiger partial charge < -0.3 is 123 Å². The van der Waals surface area contributed by atoms with Crippen LogP contribution in [0.1, 0.15) is 161 Å². The number of aryl methyl sites for hydroxylation is 2. The zero-order valence-corrected chi connectivity index (χ0v) is 66.1. The van der Waals surface area contributed by atoms with Crippen molar-refractivity contribution in [2.75, 3.05) is 13.7 Å². The van der Waals surface area contributed by atoms with Crippen molar-refractivity contribution < 1.29 is 112 Å². The van der Waals surface area contributed by atoms with Crippen LogP contribution in [0, 0.1) is 43.4 Å². The quantitative estimate of drug-likeness (QED) is 0.0716. The Bertz CT molecular complexity index is 4690. The molecule has 18 atom stereocenters. The maximum atomic E-state index is 16.6. The molecular formula is C82H100ClN11O23. The summed E-state index contributed by atoms with van der Waals surface area (Å²) in [5, 5.41) is 121. The summed E-state index contributed by atoms with van der Waals surface area (Å²) in [5.74, 6) is -10.9. The van der Waals surface area contributed by atoms with Crippen molar-refractivity contribution in [3.63, 3.8) is 0 Å². The number of hydrogen-bond acceptors (Lipinski definition) is 25. The molecule has 17 rings (SSSR count). The van der Waals surface area contributed by atoms with E-state index < -0.39 is 204 Å². The van der Waals surface area contributed by atoms with Crippen molar-refractivity contribution in [1.82, 2.24) is 53.2 Å². The van der Waals surface area contributed by atoms with Gasteiger partial charge in [0.2, 0.25) is 59.3 Å². The summed E-state index contributed by atoms with van der Waals surface area (Å²) in [6.07, 6.45) is -12.4. The number of nitrogens with two attached hydrogens (primary N) is 1. The van der Waals surface area contributed by atoms with Crippen molar-refractivity contribution in [1.29, 1.82) is 0 Å². The third-order valence-corrected chi connectivity index (χ3v) is 24.2. The molecule has 20 N–H and O–H groups in total. The van der Waals surface area contributed by atoms with E-state index in [4.69, 9.17) is 45.8 Å². The molecule has 5 aromatic carbocycles. The number of phenolic OH excluding ortho intramolecular Hbond substituents is 2. The molecule has 7 fully saturated rings. The second-order valence-electron chi connectivity index (χ2n) is 33.3. The molecule has 5 saturated carbocycles. The van der Waals surface area contributed by atoms with Crippen molar-refractivity contribution in [2.24, 2.45) is 35.3 Å². The Labute approximate surface area is 677 Å². The molecule has 0 aromatic heterocycles. The molecule has 7 aliphatic heterocycles. The maximum Gasteiger partial charge on any atom is 0.321 e.